The Balaban J connectivity index is 2.68. The zero-order chi connectivity index (χ0) is 16.8. The fourth-order valence-corrected chi connectivity index (χ4v) is 2.08. The minimum atomic E-state index is -0.372. The first kappa shape index (κ1) is 18.3. The van der Waals surface area contributed by atoms with Gasteiger partial charge in [0.15, 0.2) is 0 Å². The van der Waals surface area contributed by atoms with Gasteiger partial charge in [-0.1, -0.05) is 13.8 Å². The Kier molecular flexibility index (Phi) is 6.68. The first-order valence-corrected chi connectivity index (χ1v) is 7.57. The number of methoxy groups -OCH3 is 2. The van der Waals surface area contributed by atoms with Crippen LogP contribution < -0.4 is 20.5 Å². The second-order valence-electron chi connectivity index (χ2n) is 6.05. The normalized spacial score (nSPS) is 13.6. The van der Waals surface area contributed by atoms with Crippen molar-refractivity contribution in [3.05, 3.63) is 23.8 Å². The van der Waals surface area contributed by atoms with Gasteiger partial charge in [0.1, 0.15) is 11.5 Å². The summed E-state index contributed by atoms with van der Waals surface area (Å²) in [7, 11) is 3.22. The van der Waals surface area contributed by atoms with Crippen LogP contribution >= 0.6 is 0 Å². The summed E-state index contributed by atoms with van der Waals surface area (Å²) in [5.74, 6) is 1.73. The van der Waals surface area contributed by atoms with E-state index in [2.05, 4.69) is 19.2 Å². The van der Waals surface area contributed by atoms with Crippen LogP contribution in [0.4, 0.5) is 0 Å². The predicted octanol–water partition coefficient (Wildman–Crippen LogP) is 2.13. The highest BCUT2D eigenvalue weighted by Gasteiger charge is 2.28. The van der Waals surface area contributed by atoms with Gasteiger partial charge < -0.3 is 20.5 Å². The minimum Gasteiger partial charge on any atom is -0.497 e. The molecule has 22 heavy (non-hydrogen) atoms. The summed E-state index contributed by atoms with van der Waals surface area (Å²) >= 11 is 0. The van der Waals surface area contributed by atoms with Crippen molar-refractivity contribution in [3.8, 4) is 11.5 Å². The third-order valence-electron chi connectivity index (χ3n) is 4.18. The van der Waals surface area contributed by atoms with Crippen LogP contribution in [0.3, 0.4) is 0 Å². The van der Waals surface area contributed by atoms with E-state index in [0.717, 1.165) is 17.1 Å². The molecule has 0 saturated carbocycles. The Bertz CT molecular complexity index is 480. The summed E-state index contributed by atoms with van der Waals surface area (Å²) in [5.41, 5.74) is 6.42. The molecule has 0 radical (unpaired) electrons. The quantitative estimate of drug-likeness (QED) is 0.771. The number of nitrogens with one attached hydrogen (secondary N) is 1. The fraction of sp³-hybridized carbons (Fsp3) is 0.588. The van der Waals surface area contributed by atoms with Crippen LogP contribution in [0.25, 0.3) is 0 Å². The van der Waals surface area contributed by atoms with E-state index in [-0.39, 0.29) is 17.4 Å². The molecule has 0 fully saturated rings. The maximum absolute atomic E-state index is 12.2. The van der Waals surface area contributed by atoms with Gasteiger partial charge in [-0.15, -0.1) is 0 Å². The Morgan fingerprint density at radius 3 is 2.18 bits per heavy atom. The summed E-state index contributed by atoms with van der Waals surface area (Å²) in [4.78, 5) is 12.2. The number of aryl methyl sites for hydroxylation is 1. The zero-order valence-corrected chi connectivity index (χ0v) is 14.2. The molecule has 5 heteroatoms. The van der Waals surface area contributed by atoms with E-state index in [0.29, 0.717) is 19.4 Å². The third-order valence-corrected chi connectivity index (χ3v) is 4.18. The lowest BCUT2D eigenvalue weighted by Crippen LogP contribution is -2.55. The third kappa shape index (κ3) is 4.91. The number of benzene rings is 1. The summed E-state index contributed by atoms with van der Waals surface area (Å²) < 4.78 is 10.5. The summed E-state index contributed by atoms with van der Waals surface area (Å²) in [6, 6.07) is 5.65. The lowest BCUT2D eigenvalue weighted by Gasteiger charge is -2.33. The highest BCUT2D eigenvalue weighted by molar-refractivity contribution is 5.77. The molecule has 5 nitrogen and oxygen atoms in total. The molecule has 1 aromatic carbocycles. The van der Waals surface area contributed by atoms with E-state index < -0.39 is 0 Å². The van der Waals surface area contributed by atoms with Crippen LogP contribution in [-0.4, -0.2) is 32.2 Å². The molecule has 1 aromatic rings. The Morgan fingerprint density at radius 2 is 1.77 bits per heavy atom. The maximum atomic E-state index is 12.2. The molecule has 1 rings (SSSR count). The van der Waals surface area contributed by atoms with Gasteiger partial charge in [0.05, 0.1) is 19.8 Å². The van der Waals surface area contributed by atoms with E-state index in [4.69, 9.17) is 15.2 Å². The highest BCUT2D eigenvalue weighted by Crippen LogP contribution is 2.23. The lowest BCUT2D eigenvalue weighted by molar-refractivity contribution is -0.123. The van der Waals surface area contributed by atoms with Crippen LogP contribution in [0, 0.1) is 5.92 Å². The van der Waals surface area contributed by atoms with Gasteiger partial charge in [0, 0.05) is 19.0 Å². The SMILES string of the molecule is COc1cc(CCC(=O)NC(C)(CN)C(C)C)cc(OC)c1. The molecule has 0 aliphatic heterocycles. The molecule has 0 saturated heterocycles. The average molecular weight is 308 g/mol. The first-order valence-electron chi connectivity index (χ1n) is 7.57. The molecule has 0 aromatic heterocycles. The Morgan fingerprint density at radius 1 is 1.23 bits per heavy atom. The molecule has 0 aliphatic carbocycles. The summed E-state index contributed by atoms with van der Waals surface area (Å²) in [6.07, 6.45) is 1.02. The Hall–Kier alpha value is -1.75. The number of hydrogen-bond acceptors (Lipinski definition) is 4. The van der Waals surface area contributed by atoms with Crippen LogP contribution in [0.5, 0.6) is 11.5 Å². The van der Waals surface area contributed by atoms with Crippen LogP contribution in [0.15, 0.2) is 18.2 Å². The van der Waals surface area contributed by atoms with Crippen molar-refractivity contribution in [3.63, 3.8) is 0 Å². The van der Waals surface area contributed by atoms with Crippen molar-refractivity contribution >= 4 is 5.91 Å². The number of ether oxygens (including phenoxy) is 2. The molecule has 0 heterocycles. The van der Waals surface area contributed by atoms with Crippen molar-refractivity contribution in [2.75, 3.05) is 20.8 Å². The molecule has 1 atom stereocenters. The van der Waals surface area contributed by atoms with Crippen molar-refractivity contribution in [2.24, 2.45) is 11.7 Å². The van der Waals surface area contributed by atoms with Crippen LogP contribution in [0.2, 0.25) is 0 Å². The van der Waals surface area contributed by atoms with Crippen molar-refractivity contribution in [2.45, 2.75) is 39.2 Å². The average Bonchev–Trinajstić information content (AvgIpc) is 2.52. The van der Waals surface area contributed by atoms with Gasteiger partial charge in [-0.2, -0.15) is 0 Å². The van der Waals surface area contributed by atoms with E-state index in [1.165, 1.54) is 0 Å². The standard InChI is InChI=1S/C17H28N2O3/c1-12(2)17(3,11-18)19-16(20)7-6-13-8-14(21-4)10-15(9-13)22-5/h8-10,12H,6-7,11,18H2,1-5H3,(H,19,20). The largest absolute Gasteiger partial charge is 0.497 e. The molecule has 0 aliphatic rings. The molecular formula is C17H28N2O3. The van der Waals surface area contributed by atoms with E-state index in [1.807, 2.05) is 25.1 Å². The molecular weight excluding hydrogens is 280 g/mol. The van der Waals surface area contributed by atoms with E-state index >= 15 is 0 Å². The summed E-state index contributed by atoms with van der Waals surface area (Å²) in [6.45, 7) is 6.51. The van der Waals surface area contributed by atoms with Crippen molar-refractivity contribution in [1.29, 1.82) is 0 Å². The minimum absolute atomic E-state index is 0.00318. The second-order valence-corrected chi connectivity index (χ2v) is 6.05. The van der Waals surface area contributed by atoms with Gasteiger partial charge >= 0.3 is 0 Å². The van der Waals surface area contributed by atoms with Gasteiger partial charge in [-0.05, 0) is 37.0 Å². The maximum Gasteiger partial charge on any atom is 0.220 e. The van der Waals surface area contributed by atoms with Gasteiger partial charge in [-0.25, -0.2) is 0 Å². The van der Waals surface area contributed by atoms with Crippen LogP contribution in [-0.2, 0) is 11.2 Å². The first-order chi connectivity index (χ1) is 10.3. The topological polar surface area (TPSA) is 73.6 Å². The number of carbonyl (C=O) groups excluding carboxylic acids is 1. The molecule has 3 N–H and O–H groups in total. The predicted molar refractivity (Wildman–Crippen MR) is 88.3 cm³/mol. The lowest BCUT2D eigenvalue weighted by atomic mass is 9.88. The van der Waals surface area contributed by atoms with Gasteiger partial charge in [-0.3, -0.25) is 4.79 Å². The summed E-state index contributed by atoms with van der Waals surface area (Å²) in [5, 5.41) is 3.04. The highest BCUT2D eigenvalue weighted by atomic mass is 16.5. The fourth-order valence-electron chi connectivity index (χ4n) is 2.08. The zero-order valence-electron chi connectivity index (χ0n) is 14.2. The van der Waals surface area contributed by atoms with E-state index in [1.54, 1.807) is 14.2 Å². The monoisotopic (exact) mass is 308 g/mol. The van der Waals surface area contributed by atoms with Crippen molar-refractivity contribution < 1.29 is 14.3 Å². The molecule has 0 bridgehead atoms. The van der Waals surface area contributed by atoms with Gasteiger partial charge in [0.25, 0.3) is 0 Å². The van der Waals surface area contributed by atoms with Crippen molar-refractivity contribution in [1.82, 2.24) is 5.32 Å². The van der Waals surface area contributed by atoms with E-state index in [9.17, 15) is 4.79 Å². The number of amides is 1. The molecule has 124 valence electrons. The molecule has 0 spiro atoms. The molecule has 1 amide bonds. The molecule has 1 unspecified atom stereocenters. The number of hydrogen-bond donors (Lipinski definition) is 2. The number of rotatable bonds is 8. The van der Waals surface area contributed by atoms with Gasteiger partial charge in [0.2, 0.25) is 5.91 Å². The van der Waals surface area contributed by atoms with Crippen LogP contribution in [0.1, 0.15) is 32.8 Å². The smallest absolute Gasteiger partial charge is 0.220 e. The second kappa shape index (κ2) is 8.03. The number of nitrogens with two attached hydrogens (primary N) is 1. The Labute approximate surface area is 133 Å². The number of carbonyl (C=O) groups is 1.